The summed E-state index contributed by atoms with van der Waals surface area (Å²) in [7, 11) is 0. The van der Waals surface area contributed by atoms with Crippen molar-refractivity contribution in [3.8, 4) is 0 Å². The molecule has 1 saturated heterocycles. The number of hydrogen-bond donors (Lipinski definition) is 0. The molecule has 0 saturated carbocycles. The number of piperazine rings is 1. The van der Waals surface area contributed by atoms with Crippen molar-refractivity contribution in [2.24, 2.45) is 0 Å². The van der Waals surface area contributed by atoms with E-state index in [0.29, 0.717) is 13.1 Å². The SMILES string of the molecule is CCN(C(=O)CN1CCN(c2ccc(Br)cn2)CC1)c1nc2ccccc2s1. The maximum atomic E-state index is 12.9. The lowest BCUT2D eigenvalue weighted by Gasteiger charge is -2.35. The van der Waals surface area contributed by atoms with Crippen molar-refractivity contribution in [3.05, 3.63) is 47.1 Å². The number of pyridine rings is 1. The van der Waals surface area contributed by atoms with Crippen molar-refractivity contribution >= 4 is 54.3 Å². The van der Waals surface area contributed by atoms with E-state index in [1.165, 1.54) is 0 Å². The van der Waals surface area contributed by atoms with Gasteiger partial charge in [-0.1, -0.05) is 23.5 Å². The van der Waals surface area contributed by atoms with Crippen LogP contribution in [0.4, 0.5) is 10.9 Å². The van der Waals surface area contributed by atoms with E-state index in [0.717, 1.165) is 51.8 Å². The monoisotopic (exact) mass is 459 g/mol. The Kier molecular flexibility index (Phi) is 5.89. The molecule has 3 heterocycles. The van der Waals surface area contributed by atoms with Gasteiger partial charge in [0, 0.05) is 43.4 Å². The first kappa shape index (κ1) is 19.3. The lowest BCUT2D eigenvalue weighted by molar-refractivity contribution is -0.119. The third-order valence-corrected chi connectivity index (χ3v) is 6.43. The molecule has 1 aliphatic rings. The van der Waals surface area contributed by atoms with Gasteiger partial charge in [-0.2, -0.15) is 0 Å². The summed E-state index contributed by atoms with van der Waals surface area (Å²) >= 11 is 5.00. The number of amides is 1. The number of thiazole rings is 1. The lowest BCUT2D eigenvalue weighted by Crippen LogP contribution is -2.50. The second kappa shape index (κ2) is 8.55. The summed E-state index contributed by atoms with van der Waals surface area (Å²) in [6.45, 7) is 6.49. The van der Waals surface area contributed by atoms with Crippen LogP contribution in [0.3, 0.4) is 0 Å². The molecule has 1 aromatic carbocycles. The van der Waals surface area contributed by atoms with E-state index >= 15 is 0 Å². The van der Waals surface area contributed by atoms with Gasteiger partial charge in [0.15, 0.2) is 5.13 Å². The van der Waals surface area contributed by atoms with E-state index in [-0.39, 0.29) is 5.91 Å². The van der Waals surface area contributed by atoms with E-state index in [4.69, 9.17) is 0 Å². The first-order valence-electron chi connectivity index (χ1n) is 9.39. The Morgan fingerprint density at radius 2 is 1.96 bits per heavy atom. The zero-order valence-electron chi connectivity index (χ0n) is 15.7. The van der Waals surface area contributed by atoms with Crippen molar-refractivity contribution < 1.29 is 4.79 Å². The first-order chi connectivity index (χ1) is 13.6. The number of benzene rings is 1. The van der Waals surface area contributed by atoms with Gasteiger partial charge >= 0.3 is 0 Å². The van der Waals surface area contributed by atoms with Crippen molar-refractivity contribution in [3.63, 3.8) is 0 Å². The molecule has 0 radical (unpaired) electrons. The fourth-order valence-corrected chi connectivity index (χ4v) is 4.64. The van der Waals surface area contributed by atoms with E-state index in [1.54, 1.807) is 16.2 Å². The van der Waals surface area contributed by atoms with Crippen molar-refractivity contribution in [2.75, 3.05) is 49.1 Å². The Balaban J connectivity index is 1.37. The molecule has 6 nitrogen and oxygen atoms in total. The van der Waals surface area contributed by atoms with E-state index < -0.39 is 0 Å². The van der Waals surface area contributed by atoms with Crippen LogP contribution in [-0.2, 0) is 4.79 Å². The standard InChI is InChI=1S/C20H22BrN5OS/c1-2-26(20-23-16-5-3-4-6-17(16)28-20)19(27)14-24-9-11-25(12-10-24)18-8-7-15(21)13-22-18/h3-8,13H,2,9-12,14H2,1H3. The number of aromatic nitrogens is 2. The van der Waals surface area contributed by atoms with Crippen LogP contribution in [0.1, 0.15) is 6.92 Å². The molecule has 3 aromatic rings. The van der Waals surface area contributed by atoms with Gasteiger partial charge in [-0.05, 0) is 47.1 Å². The Morgan fingerprint density at radius 3 is 2.64 bits per heavy atom. The number of carbonyl (C=O) groups is 1. The van der Waals surface area contributed by atoms with Crippen LogP contribution >= 0.6 is 27.3 Å². The van der Waals surface area contributed by atoms with Crippen molar-refractivity contribution in [1.82, 2.24) is 14.9 Å². The van der Waals surface area contributed by atoms with Gasteiger partial charge in [-0.15, -0.1) is 0 Å². The molecule has 0 spiro atoms. The normalized spacial score (nSPS) is 15.1. The highest BCUT2D eigenvalue weighted by atomic mass is 79.9. The Morgan fingerprint density at radius 1 is 1.18 bits per heavy atom. The molecule has 0 N–H and O–H groups in total. The number of carbonyl (C=O) groups excluding carboxylic acids is 1. The number of fused-ring (bicyclic) bond motifs is 1. The third kappa shape index (κ3) is 4.19. The molecule has 146 valence electrons. The molecule has 0 bridgehead atoms. The number of anilines is 2. The van der Waals surface area contributed by atoms with Gasteiger partial charge in [0.1, 0.15) is 5.82 Å². The van der Waals surface area contributed by atoms with Gasteiger partial charge in [-0.25, -0.2) is 9.97 Å². The molecule has 8 heteroatoms. The summed E-state index contributed by atoms with van der Waals surface area (Å²) in [4.78, 5) is 28.3. The molecule has 0 unspecified atom stereocenters. The molecule has 0 atom stereocenters. The lowest BCUT2D eigenvalue weighted by atomic mass is 10.3. The minimum atomic E-state index is 0.108. The largest absolute Gasteiger partial charge is 0.354 e. The maximum Gasteiger partial charge on any atom is 0.242 e. The minimum Gasteiger partial charge on any atom is -0.354 e. The summed E-state index contributed by atoms with van der Waals surface area (Å²) in [5.74, 6) is 1.09. The van der Waals surface area contributed by atoms with Crippen LogP contribution in [-0.4, -0.2) is 60.0 Å². The number of nitrogens with zero attached hydrogens (tertiary/aromatic N) is 5. The van der Waals surface area contributed by atoms with Crippen LogP contribution in [0.2, 0.25) is 0 Å². The molecule has 4 rings (SSSR count). The van der Waals surface area contributed by atoms with Crippen LogP contribution in [0.15, 0.2) is 47.1 Å². The Hall–Kier alpha value is -2.03. The molecule has 0 aliphatic carbocycles. The number of para-hydroxylation sites is 1. The maximum absolute atomic E-state index is 12.9. The van der Waals surface area contributed by atoms with E-state index in [9.17, 15) is 4.79 Å². The Labute approximate surface area is 176 Å². The zero-order valence-corrected chi connectivity index (χ0v) is 18.1. The molecule has 2 aromatic heterocycles. The molecular weight excluding hydrogens is 438 g/mol. The van der Waals surface area contributed by atoms with Gasteiger partial charge < -0.3 is 4.90 Å². The van der Waals surface area contributed by atoms with E-state index in [2.05, 4.69) is 35.7 Å². The summed E-state index contributed by atoms with van der Waals surface area (Å²) in [6.07, 6.45) is 1.82. The predicted octanol–water partition coefficient (Wildman–Crippen LogP) is 3.63. The number of hydrogen-bond acceptors (Lipinski definition) is 6. The first-order valence-corrected chi connectivity index (χ1v) is 11.0. The van der Waals surface area contributed by atoms with Crippen LogP contribution in [0, 0.1) is 0 Å². The fraction of sp³-hybridized carbons (Fsp3) is 0.350. The minimum absolute atomic E-state index is 0.108. The second-order valence-electron chi connectivity index (χ2n) is 6.70. The van der Waals surface area contributed by atoms with E-state index in [1.807, 2.05) is 49.5 Å². The number of halogens is 1. The third-order valence-electron chi connectivity index (χ3n) is 4.90. The highest BCUT2D eigenvalue weighted by Gasteiger charge is 2.24. The van der Waals surface area contributed by atoms with Crippen LogP contribution in [0.25, 0.3) is 10.2 Å². The number of likely N-dealkylation sites (N-methyl/N-ethyl adjacent to an activating group) is 1. The zero-order chi connectivity index (χ0) is 19.5. The van der Waals surface area contributed by atoms with Gasteiger partial charge in [0.25, 0.3) is 0 Å². The summed E-state index contributed by atoms with van der Waals surface area (Å²) in [5, 5.41) is 0.784. The highest BCUT2D eigenvalue weighted by Crippen LogP contribution is 2.28. The van der Waals surface area contributed by atoms with Crippen molar-refractivity contribution in [2.45, 2.75) is 6.92 Å². The van der Waals surface area contributed by atoms with Gasteiger partial charge in [0.2, 0.25) is 5.91 Å². The smallest absolute Gasteiger partial charge is 0.242 e. The molecule has 1 amide bonds. The Bertz CT molecular complexity index is 920. The summed E-state index contributed by atoms with van der Waals surface area (Å²) < 4.78 is 2.09. The average Bonchev–Trinajstić information content (AvgIpc) is 3.13. The highest BCUT2D eigenvalue weighted by molar-refractivity contribution is 9.10. The van der Waals surface area contributed by atoms with Crippen molar-refractivity contribution in [1.29, 1.82) is 0 Å². The second-order valence-corrected chi connectivity index (χ2v) is 8.62. The predicted molar refractivity (Wildman–Crippen MR) is 118 cm³/mol. The fourth-order valence-electron chi connectivity index (χ4n) is 3.36. The van der Waals surface area contributed by atoms with Crippen LogP contribution < -0.4 is 9.80 Å². The summed E-state index contributed by atoms with van der Waals surface area (Å²) in [5.41, 5.74) is 0.948. The topological polar surface area (TPSA) is 52.6 Å². The number of rotatable bonds is 5. The van der Waals surface area contributed by atoms with Crippen LogP contribution in [0.5, 0.6) is 0 Å². The molecular formula is C20H22BrN5OS. The molecule has 1 fully saturated rings. The summed E-state index contributed by atoms with van der Waals surface area (Å²) in [6, 6.07) is 12.0. The average molecular weight is 460 g/mol. The molecule has 28 heavy (non-hydrogen) atoms. The molecule has 1 aliphatic heterocycles. The quantitative estimate of drug-likeness (QED) is 0.582. The van der Waals surface area contributed by atoms with Gasteiger partial charge in [-0.3, -0.25) is 14.6 Å². The van der Waals surface area contributed by atoms with Gasteiger partial charge in [0.05, 0.1) is 16.8 Å².